The number of amides is 2. The van der Waals surface area contributed by atoms with Gasteiger partial charge in [0.05, 0.1) is 18.2 Å². The Morgan fingerprint density at radius 2 is 1.96 bits per heavy atom. The monoisotopic (exact) mass is 344 g/mol. The van der Waals surface area contributed by atoms with Crippen LogP contribution in [0.4, 0.5) is 13.2 Å². The van der Waals surface area contributed by atoms with Crippen LogP contribution in [0.2, 0.25) is 0 Å². The van der Waals surface area contributed by atoms with Gasteiger partial charge in [0, 0.05) is 12.1 Å². The Balaban J connectivity index is 2.16. The number of alkyl halides is 3. The number of aliphatic hydroxyl groups is 1. The van der Waals surface area contributed by atoms with Gasteiger partial charge >= 0.3 is 6.18 Å². The van der Waals surface area contributed by atoms with E-state index in [2.05, 4.69) is 5.32 Å². The van der Waals surface area contributed by atoms with E-state index >= 15 is 0 Å². The van der Waals surface area contributed by atoms with Gasteiger partial charge in [0.15, 0.2) is 0 Å². The number of aliphatic hydroxyl groups excluding tert-OH is 1. The number of halogens is 3. The fraction of sp³-hybridized carbons (Fsp3) is 0.500. The number of carbonyl (C=O) groups is 2. The molecule has 1 fully saturated rings. The summed E-state index contributed by atoms with van der Waals surface area (Å²) in [7, 11) is 0. The molecule has 1 aliphatic carbocycles. The Morgan fingerprint density at radius 1 is 1.38 bits per heavy atom. The smallest absolute Gasteiger partial charge is 0.393 e. The molecule has 1 aromatic carbocycles. The lowest BCUT2D eigenvalue weighted by atomic mass is 9.74. The van der Waals surface area contributed by atoms with E-state index in [1.54, 1.807) is 0 Å². The van der Waals surface area contributed by atoms with E-state index in [1.165, 1.54) is 17.0 Å². The average molecular weight is 344 g/mol. The lowest BCUT2D eigenvalue weighted by molar-refractivity contribution is -0.147. The van der Waals surface area contributed by atoms with Crippen LogP contribution >= 0.6 is 0 Å². The molecule has 0 aliphatic heterocycles. The highest BCUT2D eigenvalue weighted by molar-refractivity contribution is 5.81. The van der Waals surface area contributed by atoms with Crippen LogP contribution in [0.25, 0.3) is 0 Å². The first-order chi connectivity index (χ1) is 11.2. The maximum absolute atomic E-state index is 12.6. The number of nitrogens with one attached hydrogen (secondary N) is 1. The normalized spacial score (nSPS) is 23.3. The summed E-state index contributed by atoms with van der Waals surface area (Å²) in [6, 6.07) is 4.60. The van der Waals surface area contributed by atoms with E-state index in [0.717, 1.165) is 12.1 Å². The van der Waals surface area contributed by atoms with Crippen LogP contribution in [-0.2, 0) is 22.3 Å². The summed E-state index contributed by atoms with van der Waals surface area (Å²) in [5.41, 5.74) is -0.786. The van der Waals surface area contributed by atoms with Gasteiger partial charge in [0.1, 0.15) is 0 Å². The summed E-state index contributed by atoms with van der Waals surface area (Å²) in [6.45, 7) is 1.72. The third-order valence-corrected chi connectivity index (χ3v) is 4.26. The number of hydrogen-bond donors (Lipinski definition) is 2. The summed E-state index contributed by atoms with van der Waals surface area (Å²) in [4.78, 5) is 24.2. The molecule has 5 nitrogen and oxygen atoms in total. The molecular weight excluding hydrogens is 325 g/mol. The predicted molar refractivity (Wildman–Crippen MR) is 79.7 cm³/mol. The second-order valence-electron chi connectivity index (χ2n) is 6.23. The average Bonchev–Trinajstić information content (AvgIpc) is 2.48. The summed E-state index contributed by atoms with van der Waals surface area (Å²) in [5, 5.41) is 11.8. The van der Waals surface area contributed by atoms with Gasteiger partial charge in [-0.1, -0.05) is 12.1 Å². The molecule has 2 amide bonds. The van der Waals surface area contributed by atoms with E-state index in [-0.39, 0.29) is 19.0 Å². The molecule has 24 heavy (non-hydrogen) atoms. The van der Waals surface area contributed by atoms with Gasteiger partial charge in [-0.2, -0.15) is 13.2 Å². The van der Waals surface area contributed by atoms with Crippen molar-refractivity contribution >= 4 is 12.3 Å². The van der Waals surface area contributed by atoms with Crippen LogP contribution in [0.3, 0.4) is 0 Å². The minimum atomic E-state index is -4.41. The summed E-state index contributed by atoms with van der Waals surface area (Å²) >= 11 is 0. The van der Waals surface area contributed by atoms with Crippen molar-refractivity contribution in [1.82, 2.24) is 10.2 Å². The molecule has 1 saturated carbocycles. The minimum absolute atomic E-state index is 0.112. The van der Waals surface area contributed by atoms with Crippen LogP contribution in [-0.4, -0.2) is 40.5 Å². The third-order valence-electron chi connectivity index (χ3n) is 4.26. The molecule has 1 aliphatic rings. The van der Waals surface area contributed by atoms with Crippen molar-refractivity contribution < 1.29 is 27.9 Å². The van der Waals surface area contributed by atoms with Gasteiger partial charge < -0.3 is 15.3 Å². The number of carbonyl (C=O) groups excluding carboxylic acids is 2. The Labute approximate surface area is 137 Å². The second kappa shape index (κ2) is 6.80. The highest BCUT2D eigenvalue weighted by Gasteiger charge is 2.45. The first-order valence-electron chi connectivity index (χ1n) is 7.47. The first-order valence-corrected chi connectivity index (χ1v) is 7.47. The number of benzene rings is 1. The lowest BCUT2D eigenvalue weighted by Crippen LogP contribution is -2.60. The molecule has 0 aromatic heterocycles. The molecule has 1 aromatic rings. The topological polar surface area (TPSA) is 69.6 Å². The fourth-order valence-corrected chi connectivity index (χ4v) is 2.96. The third kappa shape index (κ3) is 4.05. The van der Waals surface area contributed by atoms with E-state index < -0.39 is 23.4 Å². The minimum Gasteiger partial charge on any atom is -0.393 e. The van der Waals surface area contributed by atoms with Crippen molar-refractivity contribution in [3.63, 3.8) is 0 Å². The standard InChI is InChI=1S/C16H19F3N2O3/c1-15(6-13(23)7-15)21(14(24)8-20-10-22)9-11-2-4-12(5-3-11)16(17,18)19/h2-5,10,13,23H,6-9H2,1H3,(H,20,22). The number of hydrogen-bond acceptors (Lipinski definition) is 3. The maximum Gasteiger partial charge on any atom is 0.416 e. The van der Waals surface area contributed by atoms with Crippen LogP contribution in [0.5, 0.6) is 0 Å². The Kier molecular flexibility index (Phi) is 5.17. The van der Waals surface area contributed by atoms with Gasteiger partial charge in [0.25, 0.3) is 0 Å². The zero-order valence-corrected chi connectivity index (χ0v) is 13.1. The Morgan fingerprint density at radius 3 is 2.42 bits per heavy atom. The fourth-order valence-electron chi connectivity index (χ4n) is 2.96. The Bertz CT molecular complexity index is 596. The van der Waals surface area contributed by atoms with Crippen LogP contribution in [0.15, 0.2) is 24.3 Å². The predicted octanol–water partition coefficient (Wildman–Crippen LogP) is 1.69. The maximum atomic E-state index is 12.6. The highest BCUT2D eigenvalue weighted by atomic mass is 19.4. The van der Waals surface area contributed by atoms with Crippen LogP contribution in [0.1, 0.15) is 30.9 Å². The van der Waals surface area contributed by atoms with Gasteiger partial charge in [-0.15, -0.1) is 0 Å². The van der Waals surface area contributed by atoms with E-state index in [9.17, 15) is 27.9 Å². The molecule has 0 radical (unpaired) electrons. The zero-order valence-electron chi connectivity index (χ0n) is 13.1. The van der Waals surface area contributed by atoms with E-state index in [1.807, 2.05) is 6.92 Å². The number of nitrogens with zero attached hydrogens (tertiary/aromatic N) is 1. The summed E-state index contributed by atoms with van der Waals surface area (Å²) in [5.74, 6) is -0.351. The molecule has 8 heteroatoms. The lowest BCUT2D eigenvalue weighted by Gasteiger charge is -2.50. The van der Waals surface area contributed by atoms with Gasteiger partial charge in [-0.05, 0) is 37.5 Å². The molecule has 0 atom stereocenters. The van der Waals surface area contributed by atoms with Crippen molar-refractivity contribution in [2.75, 3.05) is 6.54 Å². The first kappa shape index (κ1) is 18.3. The van der Waals surface area contributed by atoms with Crippen molar-refractivity contribution in [2.45, 2.75) is 44.1 Å². The molecule has 132 valence electrons. The largest absolute Gasteiger partial charge is 0.416 e. The van der Waals surface area contributed by atoms with E-state index in [0.29, 0.717) is 24.8 Å². The molecule has 0 heterocycles. The molecule has 0 unspecified atom stereocenters. The van der Waals surface area contributed by atoms with Gasteiger partial charge in [0.2, 0.25) is 12.3 Å². The molecule has 2 rings (SSSR count). The van der Waals surface area contributed by atoms with Crippen LogP contribution < -0.4 is 5.32 Å². The van der Waals surface area contributed by atoms with Crippen molar-refractivity contribution in [3.8, 4) is 0 Å². The van der Waals surface area contributed by atoms with Crippen molar-refractivity contribution in [2.24, 2.45) is 0 Å². The summed E-state index contributed by atoms with van der Waals surface area (Å²) < 4.78 is 37.8. The second-order valence-corrected chi connectivity index (χ2v) is 6.23. The molecule has 0 bridgehead atoms. The molecule has 0 saturated heterocycles. The molecule has 2 N–H and O–H groups in total. The van der Waals surface area contributed by atoms with Crippen molar-refractivity contribution in [3.05, 3.63) is 35.4 Å². The zero-order chi connectivity index (χ0) is 18.0. The van der Waals surface area contributed by atoms with Crippen molar-refractivity contribution in [1.29, 1.82) is 0 Å². The number of rotatable bonds is 6. The molecular formula is C16H19F3N2O3. The highest BCUT2D eigenvalue weighted by Crippen LogP contribution is 2.38. The van der Waals surface area contributed by atoms with E-state index in [4.69, 9.17) is 0 Å². The summed E-state index contributed by atoms with van der Waals surface area (Å²) in [6.07, 6.45) is -3.73. The molecule has 0 spiro atoms. The quantitative estimate of drug-likeness (QED) is 0.772. The van der Waals surface area contributed by atoms with Crippen LogP contribution in [0, 0.1) is 0 Å². The SMILES string of the molecule is CC1(N(Cc2ccc(C(F)(F)F)cc2)C(=O)CNC=O)CC(O)C1. The van der Waals surface area contributed by atoms with Gasteiger partial charge in [-0.25, -0.2) is 0 Å². The van der Waals surface area contributed by atoms with Gasteiger partial charge in [-0.3, -0.25) is 9.59 Å². The Hall–Kier alpha value is -2.09.